The number of pyridine rings is 1. The summed E-state index contributed by atoms with van der Waals surface area (Å²) < 4.78 is 5.27. The molecule has 1 N–H and O–H groups in total. The van der Waals surface area contributed by atoms with Crippen LogP contribution in [0.25, 0.3) is 22.2 Å². The van der Waals surface area contributed by atoms with E-state index in [1.807, 2.05) is 55.5 Å². The van der Waals surface area contributed by atoms with Gasteiger partial charge in [0.25, 0.3) is 11.6 Å². The number of aromatic nitrogens is 1. The molecule has 1 heterocycles. The lowest BCUT2D eigenvalue weighted by atomic mass is 10.0. The Kier molecular flexibility index (Phi) is 6.46. The third-order valence-electron chi connectivity index (χ3n) is 5.20. The monoisotopic (exact) mass is 466 g/mol. The van der Waals surface area contributed by atoms with Gasteiger partial charge in [0, 0.05) is 23.1 Å². The SMILES string of the molecule is Cc1ccc2nc(-c3ccccc3)cc(C(=O)OCC(=O)Nc3ccc([N+](=O)[O-])cc3C#N)c2c1. The number of hydrogen-bond acceptors (Lipinski definition) is 7. The van der Waals surface area contributed by atoms with Crippen LogP contribution >= 0.6 is 0 Å². The minimum absolute atomic E-state index is 0.0792. The second-order valence-corrected chi connectivity index (χ2v) is 7.66. The third kappa shape index (κ3) is 5.12. The molecule has 9 heteroatoms. The smallest absolute Gasteiger partial charge is 0.339 e. The predicted molar refractivity (Wildman–Crippen MR) is 129 cm³/mol. The number of anilines is 1. The fourth-order valence-corrected chi connectivity index (χ4v) is 3.51. The highest BCUT2D eigenvalue weighted by Gasteiger charge is 2.18. The molecule has 3 aromatic carbocycles. The number of benzene rings is 3. The Balaban J connectivity index is 1.56. The standard InChI is InChI=1S/C26H18N4O5/c1-16-7-9-23-20(11-16)21(13-24(28-23)17-5-3-2-4-6-17)26(32)35-15-25(31)29-22-10-8-19(30(33)34)12-18(22)14-27/h2-13H,15H2,1H3,(H,29,31). The summed E-state index contributed by atoms with van der Waals surface area (Å²) in [6.45, 7) is 1.28. The van der Waals surface area contributed by atoms with E-state index in [0.29, 0.717) is 16.6 Å². The van der Waals surface area contributed by atoms with Gasteiger partial charge in [0.15, 0.2) is 6.61 Å². The summed E-state index contributed by atoms with van der Waals surface area (Å²) in [5, 5.41) is 23.2. The minimum Gasteiger partial charge on any atom is -0.452 e. The molecule has 0 aliphatic carbocycles. The van der Waals surface area contributed by atoms with Gasteiger partial charge in [-0.3, -0.25) is 14.9 Å². The van der Waals surface area contributed by atoms with E-state index in [-0.39, 0.29) is 22.5 Å². The van der Waals surface area contributed by atoms with Crippen LogP contribution in [0.4, 0.5) is 11.4 Å². The number of carbonyl (C=O) groups is 2. The largest absolute Gasteiger partial charge is 0.452 e. The number of carbonyl (C=O) groups excluding carboxylic acids is 2. The molecular formula is C26H18N4O5. The molecule has 172 valence electrons. The van der Waals surface area contributed by atoms with Crippen molar-refractivity contribution >= 4 is 34.2 Å². The maximum atomic E-state index is 13.0. The number of nitro benzene ring substituents is 1. The molecule has 0 aliphatic heterocycles. The number of hydrogen-bond donors (Lipinski definition) is 1. The predicted octanol–water partition coefficient (Wildman–Crippen LogP) is 4.79. The van der Waals surface area contributed by atoms with Crippen molar-refractivity contribution in [2.45, 2.75) is 6.92 Å². The van der Waals surface area contributed by atoms with Gasteiger partial charge in [0.2, 0.25) is 0 Å². The van der Waals surface area contributed by atoms with Gasteiger partial charge < -0.3 is 10.1 Å². The average molecular weight is 466 g/mol. The molecule has 4 aromatic rings. The summed E-state index contributed by atoms with van der Waals surface area (Å²) in [7, 11) is 0. The normalized spacial score (nSPS) is 10.4. The Morgan fingerprint density at radius 3 is 2.57 bits per heavy atom. The summed E-state index contributed by atoms with van der Waals surface area (Å²) in [4.78, 5) is 40.3. The fraction of sp³-hybridized carbons (Fsp3) is 0.0769. The number of fused-ring (bicyclic) bond motifs is 1. The van der Waals surface area contributed by atoms with E-state index < -0.39 is 23.4 Å². The third-order valence-corrected chi connectivity index (χ3v) is 5.20. The first-order valence-corrected chi connectivity index (χ1v) is 10.5. The molecule has 0 radical (unpaired) electrons. The second-order valence-electron chi connectivity index (χ2n) is 7.66. The number of rotatable bonds is 6. The molecule has 0 spiro atoms. The zero-order valence-corrected chi connectivity index (χ0v) is 18.5. The van der Waals surface area contributed by atoms with Crippen molar-refractivity contribution in [3.05, 3.63) is 99.6 Å². The van der Waals surface area contributed by atoms with Gasteiger partial charge in [-0.2, -0.15) is 5.26 Å². The summed E-state index contributed by atoms with van der Waals surface area (Å²) in [6, 6.07) is 21.8. The first-order valence-electron chi connectivity index (χ1n) is 10.5. The number of nitro groups is 1. The fourth-order valence-electron chi connectivity index (χ4n) is 3.51. The molecule has 35 heavy (non-hydrogen) atoms. The van der Waals surface area contributed by atoms with Gasteiger partial charge in [0.1, 0.15) is 6.07 Å². The summed E-state index contributed by atoms with van der Waals surface area (Å²) in [5.41, 5.74) is 2.93. The van der Waals surface area contributed by atoms with Crippen LogP contribution in [0.2, 0.25) is 0 Å². The van der Waals surface area contributed by atoms with Crippen LogP contribution in [0.1, 0.15) is 21.5 Å². The number of nitrogens with one attached hydrogen (secondary N) is 1. The highest BCUT2D eigenvalue weighted by Crippen LogP contribution is 2.26. The van der Waals surface area contributed by atoms with Crippen LogP contribution < -0.4 is 5.32 Å². The number of non-ortho nitro benzene ring substituents is 1. The van der Waals surface area contributed by atoms with Crippen molar-refractivity contribution in [1.29, 1.82) is 5.26 Å². The summed E-state index contributed by atoms with van der Waals surface area (Å²) in [5.74, 6) is -1.40. The van der Waals surface area contributed by atoms with Gasteiger partial charge in [-0.05, 0) is 31.2 Å². The van der Waals surface area contributed by atoms with Crippen LogP contribution in [0, 0.1) is 28.4 Å². The van der Waals surface area contributed by atoms with Crippen molar-refractivity contribution in [2.75, 3.05) is 11.9 Å². The van der Waals surface area contributed by atoms with Crippen LogP contribution in [0.3, 0.4) is 0 Å². The highest BCUT2D eigenvalue weighted by atomic mass is 16.6. The van der Waals surface area contributed by atoms with Gasteiger partial charge in [-0.1, -0.05) is 42.0 Å². The van der Waals surface area contributed by atoms with Crippen LogP contribution in [0.15, 0.2) is 72.8 Å². The van der Waals surface area contributed by atoms with Crippen molar-refractivity contribution in [2.24, 2.45) is 0 Å². The lowest BCUT2D eigenvalue weighted by molar-refractivity contribution is -0.384. The number of aryl methyl sites for hydroxylation is 1. The minimum atomic E-state index is -0.709. The van der Waals surface area contributed by atoms with E-state index >= 15 is 0 Å². The Labute approximate surface area is 199 Å². The highest BCUT2D eigenvalue weighted by molar-refractivity contribution is 6.05. The molecule has 1 aromatic heterocycles. The van der Waals surface area contributed by atoms with Gasteiger partial charge in [-0.25, -0.2) is 9.78 Å². The molecule has 1 amide bonds. The maximum absolute atomic E-state index is 13.0. The van der Waals surface area contributed by atoms with E-state index in [2.05, 4.69) is 10.3 Å². The number of nitrogens with zero attached hydrogens (tertiary/aromatic N) is 3. The Hall–Kier alpha value is -5.10. The van der Waals surface area contributed by atoms with E-state index in [9.17, 15) is 25.0 Å². The molecule has 0 aliphatic rings. The quantitative estimate of drug-likeness (QED) is 0.245. The molecule has 9 nitrogen and oxygen atoms in total. The van der Waals surface area contributed by atoms with Crippen LogP contribution in [-0.2, 0) is 9.53 Å². The molecule has 0 saturated carbocycles. The molecule has 0 unspecified atom stereocenters. The lowest BCUT2D eigenvalue weighted by Crippen LogP contribution is -2.21. The van der Waals surface area contributed by atoms with Crippen molar-refractivity contribution in [1.82, 2.24) is 4.98 Å². The summed E-state index contributed by atoms with van der Waals surface area (Å²) >= 11 is 0. The second kappa shape index (κ2) is 9.80. The average Bonchev–Trinajstić information content (AvgIpc) is 2.87. The Bertz CT molecular complexity index is 1510. The van der Waals surface area contributed by atoms with E-state index in [4.69, 9.17) is 4.74 Å². The van der Waals surface area contributed by atoms with E-state index in [1.165, 1.54) is 12.1 Å². The van der Waals surface area contributed by atoms with Gasteiger partial charge >= 0.3 is 5.97 Å². The van der Waals surface area contributed by atoms with Crippen molar-refractivity contribution in [3.63, 3.8) is 0 Å². The first-order chi connectivity index (χ1) is 16.9. The van der Waals surface area contributed by atoms with Gasteiger partial charge in [0.05, 0.1) is 32.9 Å². The molecule has 0 fully saturated rings. The van der Waals surface area contributed by atoms with E-state index in [0.717, 1.165) is 17.2 Å². The number of esters is 1. The molecule has 0 atom stereocenters. The topological polar surface area (TPSA) is 135 Å². The zero-order valence-electron chi connectivity index (χ0n) is 18.5. The van der Waals surface area contributed by atoms with Crippen LogP contribution in [0.5, 0.6) is 0 Å². The number of nitriles is 1. The number of ether oxygens (including phenoxy) is 1. The van der Waals surface area contributed by atoms with Crippen LogP contribution in [-0.4, -0.2) is 28.4 Å². The molecule has 0 bridgehead atoms. The molecule has 4 rings (SSSR count). The Morgan fingerprint density at radius 2 is 1.86 bits per heavy atom. The first kappa shape index (κ1) is 23.1. The Morgan fingerprint density at radius 1 is 1.09 bits per heavy atom. The lowest BCUT2D eigenvalue weighted by Gasteiger charge is -2.11. The van der Waals surface area contributed by atoms with Gasteiger partial charge in [-0.15, -0.1) is 0 Å². The van der Waals surface area contributed by atoms with Crippen molar-refractivity contribution in [3.8, 4) is 17.3 Å². The maximum Gasteiger partial charge on any atom is 0.339 e. The van der Waals surface area contributed by atoms with Crippen molar-refractivity contribution < 1.29 is 19.2 Å². The molecule has 0 saturated heterocycles. The van der Waals surface area contributed by atoms with E-state index in [1.54, 1.807) is 12.1 Å². The zero-order chi connectivity index (χ0) is 24.9. The summed E-state index contributed by atoms with van der Waals surface area (Å²) in [6.07, 6.45) is 0. The molecular weight excluding hydrogens is 448 g/mol. The number of amides is 1.